The van der Waals surface area contributed by atoms with E-state index in [0.717, 1.165) is 0 Å². The van der Waals surface area contributed by atoms with E-state index in [-0.39, 0.29) is 22.2 Å². The Bertz CT molecular complexity index is 1440. The van der Waals surface area contributed by atoms with E-state index in [0.29, 0.717) is 34.5 Å². The number of amides is 2. The molecular weight excluding hydrogens is 444 g/mol. The molecule has 0 saturated heterocycles. The number of benzene rings is 2. The summed E-state index contributed by atoms with van der Waals surface area (Å²) >= 11 is 6.26. The molecular formula is C23H19ClN6O3. The molecule has 0 aliphatic heterocycles. The number of hydrogen-bond acceptors (Lipinski definition) is 6. The average Bonchev–Trinajstić information content (AvgIpc) is 2.81. The molecule has 33 heavy (non-hydrogen) atoms. The number of hydrogen-bond donors (Lipinski definition) is 3. The zero-order valence-electron chi connectivity index (χ0n) is 17.5. The van der Waals surface area contributed by atoms with Crippen LogP contribution >= 0.6 is 11.6 Å². The first-order valence-electron chi connectivity index (χ1n) is 9.99. The summed E-state index contributed by atoms with van der Waals surface area (Å²) in [7, 11) is 0. The number of rotatable bonds is 5. The van der Waals surface area contributed by atoms with Crippen molar-refractivity contribution in [1.29, 1.82) is 0 Å². The number of carbonyl (C=O) groups excluding carboxylic acids is 2. The Labute approximate surface area is 193 Å². The van der Waals surface area contributed by atoms with Crippen molar-refractivity contribution in [3.8, 4) is 0 Å². The first-order valence-corrected chi connectivity index (χ1v) is 10.4. The molecule has 9 nitrogen and oxygen atoms in total. The van der Waals surface area contributed by atoms with Crippen LogP contribution in [0.2, 0.25) is 5.02 Å². The van der Waals surface area contributed by atoms with Crippen molar-refractivity contribution in [1.82, 2.24) is 15.0 Å². The Kier molecular flexibility index (Phi) is 6.05. The molecule has 0 unspecified atom stereocenters. The van der Waals surface area contributed by atoms with Crippen LogP contribution in [-0.4, -0.2) is 33.3 Å². The van der Waals surface area contributed by atoms with Gasteiger partial charge < -0.3 is 20.9 Å². The van der Waals surface area contributed by atoms with E-state index in [1.807, 2.05) is 6.92 Å². The molecule has 0 saturated carbocycles. The molecule has 2 amide bonds. The standard InChI is InChI=1S/C23H19ClN6O3/c1-2-30(19-6-4-3-5-17(19)25)23(33)13-7-8-16(24)18(10-13)28-21(31)15-9-14-11-26-12-27-20(14)29-22(15)32/h3-12H,2,25H2,1H3,(H,28,31)(H,26,27,29,32). The van der Waals surface area contributed by atoms with Gasteiger partial charge in [-0.3, -0.25) is 14.4 Å². The van der Waals surface area contributed by atoms with Gasteiger partial charge >= 0.3 is 0 Å². The van der Waals surface area contributed by atoms with E-state index in [4.69, 9.17) is 17.3 Å². The third-order valence-corrected chi connectivity index (χ3v) is 5.34. The monoisotopic (exact) mass is 462 g/mol. The topological polar surface area (TPSA) is 134 Å². The van der Waals surface area contributed by atoms with Crippen molar-refractivity contribution in [2.24, 2.45) is 0 Å². The minimum absolute atomic E-state index is 0.141. The number of fused-ring (bicyclic) bond motifs is 1. The molecule has 4 rings (SSSR count). The van der Waals surface area contributed by atoms with Crippen LogP contribution in [0.15, 0.2) is 65.8 Å². The maximum atomic E-state index is 13.2. The predicted octanol–water partition coefficient (Wildman–Crippen LogP) is 3.47. The highest BCUT2D eigenvalue weighted by molar-refractivity contribution is 6.34. The summed E-state index contributed by atoms with van der Waals surface area (Å²) in [5.74, 6) is -1.00. The molecule has 0 bridgehead atoms. The third-order valence-electron chi connectivity index (χ3n) is 5.01. The van der Waals surface area contributed by atoms with Crippen molar-refractivity contribution >= 4 is 51.5 Å². The first-order chi connectivity index (χ1) is 15.9. The van der Waals surface area contributed by atoms with Gasteiger partial charge in [0, 0.05) is 23.7 Å². The number of H-pyrrole nitrogens is 1. The third kappa shape index (κ3) is 4.39. The maximum Gasteiger partial charge on any atom is 0.262 e. The smallest absolute Gasteiger partial charge is 0.262 e. The second-order valence-corrected chi connectivity index (χ2v) is 7.50. The Morgan fingerprint density at radius 2 is 1.97 bits per heavy atom. The van der Waals surface area contributed by atoms with Crippen LogP contribution in [0, 0.1) is 0 Å². The Balaban J connectivity index is 1.64. The first kappa shape index (κ1) is 22.0. The van der Waals surface area contributed by atoms with E-state index < -0.39 is 11.5 Å². The number of pyridine rings is 1. The molecule has 0 aliphatic rings. The summed E-state index contributed by atoms with van der Waals surface area (Å²) in [4.78, 5) is 50.3. The van der Waals surface area contributed by atoms with Gasteiger partial charge in [0.1, 0.15) is 17.5 Å². The van der Waals surface area contributed by atoms with Gasteiger partial charge in [-0.1, -0.05) is 23.7 Å². The molecule has 2 aromatic carbocycles. The molecule has 0 fully saturated rings. The lowest BCUT2D eigenvalue weighted by Gasteiger charge is -2.23. The molecule has 0 aliphatic carbocycles. The number of nitrogen functional groups attached to an aromatic ring is 1. The molecule has 4 aromatic rings. The van der Waals surface area contributed by atoms with Gasteiger partial charge in [-0.05, 0) is 43.3 Å². The van der Waals surface area contributed by atoms with Crippen molar-refractivity contribution in [3.05, 3.63) is 87.6 Å². The van der Waals surface area contributed by atoms with Crippen LogP contribution in [0.1, 0.15) is 27.6 Å². The van der Waals surface area contributed by atoms with Crippen molar-refractivity contribution < 1.29 is 9.59 Å². The minimum atomic E-state index is -0.687. The zero-order chi connectivity index (χ0) is 23.5. The van der Waals surface area contributed by atoms with Crippen LogP contribution in [0.25, 0.3) is 11.0 Å². The molecule has 2 heterocycles. The fraction of sp³-hybridized carbons (Fsp3) is 0.0870. The van der Waals surface area contributed by atoms with E-state index in [9.17, 15) is 14.4 Å². The molecule has 166 valence electrons. The van der Waals surface area contributed by atoms with Gasteiger partial charge in [0.2, 0.25) is 0 Å². The average molecular weight is 463 g/mol. The number of nitrogens with zero attached hydrogens (tertiary/aromatic N) is 3. The Hall–Kier alpha value is -4.24. The number of nitrogens with one attached hydrogen (secondary N) is 2. The number of carbonyl (C=O) groups is 2. The van der Waals surface area contributed by atoms with Crippen LogP contribution < -0.4 is 21.5 Å². The second-order valence-electron chi connectivity index (χ2n) is 7.10. The van der Waals surface area contributed by atoms with Gasteiger partial charge in [-0.2, -0.15) is 0 Å². The molecule has 4 N–H and O–H groups in total. The van der Waals surface area contributed by atoms with Crippen LogP contribution in [0.4, 0.5) is 17.1 Å². The normalized spacial score (nSPS) is 10.7. The molecule has 2 aromatic heterocycles. The van der Waals surface area contributed by atoms with Gasteiger partial charge in [0.05, 0.1) is 22.1 Å². The summed E-state index contributed by atoms with van der Waals surface area (Å²) in [6.45, 7) is 2.21. The van der Waals surface area contributed by atoms with E-state index in [1.165, 1.54) is 35.6 Å². The Morgan fingerprint density at radius 3 is 2.73 bits per heavy atom. The van der Waals surface area contributed by atoms with Gasteiger partial charge in [-0.25, -0.2) is 9.97 Å². The van der Waals surface area contributed by atoms with Crippen molar-refractivity contribution in [2.45, 2.75) is 6.92 Å². The fourth-order valence-corrected chi connectivity index (χ4v) is 3.54. The number of halogens is 1. The van der Waals surface area contributed by atoms with Crippen molar-refractivity contribution in [2.75, 3.05) is 22.5 Å². The summed E-state index contributed by atoms with van der Waals surface area (Å²) < 4.78 is 0. The summed E-state index contributed by atoms with van der Waals surface area (Å²) in [6, 6.07) is 13.0. The summed E-state index contributed by atoms with van der Waals surface area (Å²) in [5.41, 5.74) is 7.13. The molecule has 0 atom stereocenters. The Morgan fingerprint density at radius 1 is 1.18 bits per heavy atom. The van der Waals surface area contributed by atoms with Gasteiger partial charge in [0.15, 0.2) is 0 Å². The largest absolute Gasteiger partial charge is 0.397 e. The predicted molar refractivity (Wildman–Crippen MR) is 128 cm³/mol. The number of nitrogens with two attached hydrogens (primary N) is 1. The maximum absolute atomic E-state index is 13.2. The van der Waals surface area contributed by atoms with Crippen LogP contribution in [-0.2, 0) is 0 Å². The van der Waals surface area contributed by atoms with E-state index in [2.05, 4.69) is 20.3 Å². The lowest BCUT2D eigenvalue weighted by molar-refractivity contribution is 0.0985. The van der Waals surface area contributed by atoms with Gasteiger partial charge in [0.25, 0.3) is 17.4 Å². The zero-order valence-corrected chi connectivity index (χ0v) is 18.3. The van der Waals surface area contributed by atoms with Crippen LogP contribution in [0.3, 0.4) is 0 Å². The van der Waals surface area contributed by atoms with Crippen molar-refractivity contribution in [3.63, 3.8) is 0 Å². The van der Waals surface area contributed by atoms with E-state index in [1.54, 1.807) is 30.3 Å². The molecule has 0 spiro atoms. The fourth-order valence-electron chi connectivity index (χ4n) is 3.37. The summed E-state index contributed by atoms with van der Waals surface area (Å²) in [6.07, 6.45) is 2.78. The number of aromatic nitrogens is 3. The van der Waals surface area contributed by atoms with Crippen LogP contribution in [0.5, 0.6) is 0 Å². The van der Waals surface area contributed by atoms with Gasteiger partial charge in [-0.15, -0.1) is 0 Å². The minimum Gasteiger partial charge on any atom is -0.397 e. The number of para-hydroxylation sites is 2. The highest BCUT2D eigenvalue weighted by atomic mass is 35.5. The highest BCUT2D eigenvalue weighted by Gasteiger charge is 2.20. The molecule has 0 radical (unpaired) electrons. The number of anilines is 3. The van der Waals surface area contributed by atoms with E-state index >= 15 is 0 Å². The number of aromatic amines is 1. The SMILES string of the molecule is CCN(C(=O)c1ccc(Cl)c(NC(=O)c2cc3cncnc3[nH]c2=O)c1)c1ccccc1N. The second kappa shape index (κ2) is 9.09. The quantitative estimate of drug-likeness (QED) is 0.389. The lowest BCUT2D eigenvalue weighted by Crippen LogP contribution is -2.31. The highest BCUT2D eigenvalue weighted by Crippen LogP contribution is 2.28. The summed E-state index contributed by atoms with van der Waals surface area (Å²) in [5, 5.41) is 3.32. The lowest BCUT2D eigenvalue weighted by atomic mass is 10.1. The molecule has 10 heteroatoms.